The van der Waals surface area contributed by atoms with Crippen LogP contribution < -0.4 is 9.47 Å². The molecule has 15 atom stereocenters. The summed E-state index contributed by atoms with van der Waals surface area (Å²) >= 11 is 0. The van der Waals surface area contributed by atoms with Crippen molar-refractivity contribution in [3.05, 3.63) is 310 Å². The van der Waals surface area contributed by atoms with Crippen molar-refractivity contribution in [3.8, 4) is 11.5 Å². The van der Waals surface area contributed by atoms with Crippen LogP contribution in [0.1, 0.15) is 115 Å². The zero-order chi connectivity index (χ0) is 84.1. The smallest absolute Gasteiger partial charge is 0.338 e. The molecular weight excluding hydrogens is 1550 g/mol. The van der Waals surface area contributed by atoms with E-state index in [0.29, 0.717) is 41.9 Å². The second kappa shape index (κ2) is 45.2. The van der Waals surface area contributed by atoms with E-state index in [1.165, 1.54) is 14.0 Å². The van der Waals surface area contributed by atoms with E-state index in [2.05, 4.69) is 0 Å². The molecule has 0 aliphatic carbocycles. The van der Waals surface area contributed by atoms with Crippen molar-refractivity contribution in [1.29, 1.82) is 0 Å². The molecule has 3 fully saturated rings. The number of esters is 3. The van der Waals surface area contributed by atoms with Crippen LogP contribution in [-0.4, -0.2) is 180 Å². The Kier molecular flexibility index (Phi) is 32.9. The molecule has 0 N–H and O–H groups in total. The van der Waals surface area contributed by atoms with Gasteiger partial charge >= 0.3 is 17.9 Å². The molecule has 0 saturated carbocycles. The molecule has 13 rings (SSSR count). The lowest BCUT2D eigenvalue weighted by Crippen LogP contribution is -2.67. The van der Waals surface area contributed by atoms with Gasteiger partial charge in [0, 0.05) is 19.4 Å². The zero-order valence-corrected chi connectivity index (χ0v) is 68.2. The average Bonchev–Trinajstić information content (AvgIpc) is 1.22. The summed E-state index contributed by atoms with van der Waals surface area (Å²) in [6.45, 7) is 0.347. The highest BCUT2D eigenvalue weighted by Crippen LogP contribution is 2.40. The predicted octanol–water partition coefficient (Wildman–Crippen LogP) is 13.9. The number of nitrogens with zero attached hydrogens (tertiary/aromatic N) is 1. The summed E-state index contributed by atoms with van der Waals surface area (Å²) < 4.78 is 122. The molecule has 121 heavy (non-hydrogen) atoms. The van der Waals surface area contributed by atoms with Crippen LogP contribution >= 0.6 is 0 Å². The molecule has 4 heterocycles. The van der Waals surface area contributed by atoms with Gasteiger partial charge in [-0.1, -0.05) is 213 Å². The molecule has 0 unspecified atom stereocenters. The highest BCUT2D eigenvalue weighted by atomic mass is 16.8. The van der Waals surface area contributed by atoms with Crippen molar-refractivity contribution in [2.75, 3.05) is 47.8 Å². The largest absolute Gasteiger partial charge is 0.497 e. The van der Waals surface area contributed by atoms with Crippen molar-refractivity contribution >= 4 is 35.5 Å². The summed E-state index contributed by atoms with van der Waals surface area (Å²) in [6, 6.07) is 75.7. The van der Waals surface area contributed by atoms with E-state index in [9.17, 15) is 14.4 Å². The summed E-state index contributed by atoms with van der Waals surface area (Å²) in [6.07, 6.45) is -17.8. The van der Waals surface area contributed by atoms with Crippen molar-refractivity contribution in [2.45, 2.75) is 184 Å². The molecule has 2 amide bonds. The zero-order valence-electron chi connectivity index (χ0n) is 68.2. The minimum absolute atomic E-state index is 0.00187. The van der Waals surface area contributed by atoms with Crippen LogP contribution in [0.3, 0.4) is 0 Å². The molecule has 636 valence electrons. The van der Waals surface area contributed by atoms with Crippen LogP contribution in [0.5, 0.6) is 11.5 Å². The Balaban J connectivity index is 0.924. The lowest BCUT2D eigenvalue weighted by Gasteiger charge is -2.49. The number of ether oxygens (including phenoxy) is 18. The van der Waals surface area contributed by atoms with E-state index in [4.69, 9.17) is 85.3 Å². The first-order chi connectivity index (χ1) is 59.3. The van der Waals surface area contributed by atoms with Crippen LogP contribution in [0.2, 0.25) is 0 Å². The maximum absolute atomic E-state index is 15.2. The van der Waals surface area contributed by atoms with Gasteiger partial charge in [0.15, 0.2) is 31.1 Å². The molecule has 4 aliphatic heterocycles. The van der Waals surface area contributed by atoms with Gasteiger partial charge < -0.3 is 90.1 Å². The Bertz CT molecular complexity index is 4660. The van der Waals surface area contributed by atoms with E-state index in [1.807, 2.05) is 164 Å². The fourth-order valence-corrected chi connectivity index (χ4v) is 14.9. The number of carbonyl (C=O) groups is 6. The number of imide groups is 1. The Morgan fingerprint density at radius 1 is 0.331 bits per heavy atom. The first kappa shape index (κ1) is 88.1. The number of ketones is 1. The Labute approximate surface area is 704 Å². The van der Waals surface area contributed by atoms with Crippen molar-refractivity contribution in [1.82, 2.24) is 4.90 Å². The molecule has 25 nitrogen and oxygen atoms in total. The second-order valence-corrected chi connectivity index (χ2v) is 29.8. The second-order valence-electron chi connectivity index (χ2n) is 29.8. The third kappa shape index (κ3) is 24.6. The van der Waals surface area contributed by atoms with E-state index >= 15 is 14.4 Å². The van der Waals surface area contributed by atoms with Gasteiger partial charge in [-0.3, -0.25) is 24.1 Å². The highest BCUT2D eigenvalue weighted by Gasteiger charge is 2.58. The third-order valence-electron chi connectivity index (χ3n) is 21.2. The van der Waals surface area contributed by atoms with Gasteiger partial charge in [-0.05, 0) is 107 Å². The summed E-state index contributed by atoms with van der Waals surface area (Å²) in [7, 11) is 4.43. The van der Waals surface area contributed by atoms with Gasteiger partial charge in [-0.15, -0.1) is 0 Å². The van der Waals surface area contributed by atoms with Crippen molar-refractivity contribution in [3.63, 3.8) is 0 Å². The third-order valence-corrected chi connectivity index (χ3v) is 21.2. The number of rotatable bonds is 44. The van der Waals surface area contributed by atoms with Crippen molar-refractivity contribution < 1.29 is 114 Å². The highest BCUT2D eigenvalue weighted by molar-refractivity contribution is 6.21. The summed E-state index contributed by atoms with van der Waals surface area (Å²) in [5.74, 6) is -2.48. The number of Topliss-reactive ketones (excluding diaryl/α,β-unsaturated/α-hetero) is 1. The van der Waals surface area contributed by atoms with Crippen LogP contribution in [-0.2, 0) is 136 Å². The number of benzene rings is 9. The molecule has 0 aromatic heterocycles. The lowest BCUT2D eigenvalue weighted by molar-refractivity contribution is -0.352. The predicted molar refractivity (Wildman–Crippen MR) is 440 cm³/mol. The number of unbranched alkanes of at least 4 members (excludes halogenated alkanes) is 2. The quantitative estimate of drug-likeness (QED) is 0.0148. The van der Waals surface area contributed by atoms with E-state index < -0.39 is 129 Å². The van der Waals surface area contributed by atoms with Crippen LogP contribution in [0.4, 0.5) is 0 Å². The first-order valence-electron chi connectivity index (χ1n) is 40.8. The van der Waals surface area contributed by atoms with Gasteiger partial charge in [0.25, 0.3) is 11.8 Å². The number of hydrogen-bond acceptors (Lipinski definition) is 24. The minimum atomic E-state index is -1.75. The average molecular weight is 1650 g/mol. The topological polar surface area (TPSA) is 272 Å². The molecule has 25 heteroatoms. The van der Waals surface area contributed by atoms with Gasteiger partial charge in [-0.25, -0.2) is 4.79 Å². The number of fused-ring (bicyclic) bond motifs is 1. The molecule has 9 aromatic rings. The fraction of sp³-hybridized carbons (Fsp3) is 0.375. The molecule has 4 aliphatic rings. The SMILES string of the molecule is COC(=O)CCCCCO[C@@H]1O[C@H](CO[C@@H]2O[C@H](CO[C@H]3O[C@H](COCc4ccccc4)[C@H](OCc4ccccc4)[C@H](OCc4ccccc4)[C@H]3OCc3ccccc3)[C@H](OC(=O)CCC(C)=O)[C@H](OCc3ccc(OC)cc3)[C@H]2OC(=O)c2ccccc2)[C@@H](OCc2ccc(OC)cc2)[C@H](OCc2ccccc2)[C@H]1N1C(=O)c2ccccc2C1=O. The molecular formula is C96H103NO24. The Hall–Kier alpha value is -10.7. The number of methoxy groups -OCH3 is 3. The standard InChI is InChI=1S/C96H103NO24/c1-64(98)43-52-81(100)120-85-79(63-115-95-89(114-58-69-36-20-9-21-37-69)87(112-57-68-34-18-8-19-35-68)84(110-55-66-30-14-6-15-31-66)77(118-95)61-107-54-65-28-12-5-13-29-65)119-96(90(121-93(103)72-38-22-10-23-39-72)88(85)113-60-71-46-50-74(105-3)51-47-71)116-62-78-83(109-59-70-44-48-73(104-2)49-45-70)86(111-56-67-32-16-7-17-33-67)82(94(117-78)108-53-27-11-24-42-80(99)106-4)97-91(101)75-40-25-26-41-76(75)92(97)102/h5-10,12-23,25-26,28-41,44-51,77-79,82-90,94-96H,11,24,27,42-43,52-63H2,1-4H3/t77-,78-,79-,82-,83-,84+,85+,86-,87+,88+,89-,90-,94-,95+,96-/m1/s1. The lowest BCUT2D eigenvalue weighted by atomic mass is 9.94. The van der Waals surface area contributed by atoms with E-state index in [1.54, 1.807) is 105 Å². The summed E-state index contributed by atoms with van der Waals surface area (Å²) in [5, 5.41) is 0. The maximum Gasteiger partial charge on any atom is 0.338 e. The molecule has 0 radical (unpaired) electrons. The van der Waals surface area contributed by atoms with Gasteiger partial charge in [-0.2, -0.15) is 0 Å². The van der Waals surface area contributed by atoms with Gasteiger partial charge in [0.2, 0.25) is 0 Å². The fourth-order valence-electron chi connectivity index (χ4n) is 14.9. The Morgan fingerprint density at radius 3 is 1.19 bits per heavy atom. The maximum atomic E-state index is 15.2. The van der Waals surface area contributed by atoms with Crippen LogP contribution in [0.15, 0.2) is 255 Å². The Morgan fingerprint density at radius 2 is 0.719 bits per heavy atom. The summed E-state index contributed by atoms with van der Waals surface area (Å²) in [5.41, 5.74) is 5.90. The van der Waals surface area contributed by atoms with E-state index in [-0.39, 0.29) is 107 Å². The van der Waals surface area contributed by atoms with Crippen LogP contribution in [0.25, 0.3) is 0 Å². The first-order valence-corrected chi connectivity index (χ1v) is 40.8. The molecule has 9 aromatic carbocycles. The molecule has 0 spiro atoms. The van der Waals surface area contributed by atoms with Crippen LogP contribution in [0, 0.1) is 0 Å². The number of carbonyl (C=O) groups excluding carboxylic acids is 6. The number of amides is 2. The molecule has 0 bridgehead atoms. The minimum Gasteiger partial charge on any atom is -0.497 e. The number of hydrogen-bond donors (Lipinski definition) is 0. The van der Waals surface area contributed by atoms with Gasteiger partial charge in [0.1, 0.15) is 78.3 Å². The normalized spacial score (nSPS) is 23.2. The molecule has 3 saturated heterocycles. The monoisotopic (exact) mass is 1650 g/mol. The summed E-state index contributed by atoms with van der Waals surface area (Å²) in [4.78, 5) is 86.6. The van der Waals surface area contributed by atoms with E-state index in [0.717, 1.165) is 32.7 Å². The van der Waals surface area contributed by atoms with Gasteiger partial charge in [0.05, 0.1) is 111 Å². The van der Waals surface area contributed by atoms with Crippen molar-refractivity contribution in [2.24, 2.45) is 0 Å².